The van der Waals surface area contributed by atoms with Gasteiger partial charge in [0.15, 0.2) is 0 Å². The van der Waals surface area contributed by atoms with Crippen LogP contribution >= 0.6 is 15.4 Å². The molecule has 0 unspecified atom stereocenters. The van der Waals surface area contributed by atoms with Crippen LogP contribution in [0.4, 0.5) is 0 Å². The summed E-state index contributed by atoms with van der Waals surface area (Å²) in [5, 5.41) is 0. The van der Waals surface area contributed by atoms with Crippen LogP contribution in [0, 0.1) is 0 Å². The summed E-state index contributed by atoms with van der Waals surface area (Å²) >= 11 is 0. The van der Waals surface area contributed by atoms with Gasteiger partial charge in [-0.2, -0.15) is 28.0 Å². The van der Waals surface area contributed by atoms with E-state index >= 15 is 0 Å². The number of rotatable bonds is 10. The fourth-order valence-corrected chi connectivity index (χ4v) is 11.6. The normalized spacial score (nSPS) is 12.9. The fourth-order valence-electron chi connectivity index (χ4n) is 4.24. The van der Waals surface area contributed by atoms with E-state index in [4.69, 9.17) is 0 Å². The van der Waals surface area contributed by atoms with E-state index in [1.165, 1.54) is 11.1 Å². The van der Waals surface area contributed by atoms with Crippen LogP contribution in [-0.2, 0) is 12.3 Å². The smallest absolute Gasteiger partial charge is 0.230 e. The Bertz CT molecular complexity index is 513. The molecular weight excluding hydrogens is 457 g/mol. The van der Waals surface area contributed by atoms with E-state index in [1.807, 2.05) is 0 Å². The zero-order valence-corrected chi connectivity index (χ0v) is 24.4. The Balaban J connectivity index is 0. The highest BCUT2D eigenvalue weighted by Gasteiger charge is 2.48. The Hall–Kier alpha value is 0.420. The fraction of sp³-hybridized carbons (Fsp3) is 0.700. The lowest BCUT2D eigenvalue weighted by molar-refractivity contribution is -0.00100. The van der Waals surface area contributed by atoms with Crippen LogP contribution in [0.2, 0.25) is 0 Å². The van der Waals surface area contributed by atoms with Gasteiger partial charge in [-0.25, -0.2) is 0 Å². The van der Waals surface area contributed by atoms with Gasteiger partial charge in [0.2, 0.25) is 15.4 Å². The van der Waals surface area contributed by atoms with Crippen molar-refractivity contribution in [2.24, 2.45) is 0 Å². The average Bonchev–Trinajstić information content (AvgIpc) is 2.56. The molecule has 0 radical (unpaired) electrons. The first kappa shape index (κ1) is 32.6. The lowest BCUT2D eigenvalue weighted by Crippen LogP contribution is -3.00. The SMILES string of the molecule is CN(C)[P+](Cc1ccc(C[P+](N(C)C)(N(C)C)N(C)C)cc1)(N(C)C)N(C)C.[Cl-].[Cl-]. The van der Waals surface area contributed by atoms with Crippen LogP contribution in [0.5, 0.6) is 0 Å². The number of hydrogen-bond acceptors (Lipinski definition) is 6. The Morgan fingerprint density at radius 3 is 0.733 bits per heavy atom. The minimum Gasteiger partial charge on any atom is -1.00 e. The molecule has 0 aliphatic carbocycles. The summed E-state index contributed by atoms with van der Waals surface area (Å²) in [7, 11) is 23.3. The third kappa shape index (κ3) is 6.71. The van der Waals surface area contributed by atoms with Gasteiger partial charge < -0.3 is 24.8 Å². The van der Waals surface area contributed by atoms with Crippen molar-refractivity contribution >= 4 is 15.4 Å². The van der Waals surface area contributed by atoms with Crippen LogP contribution < -0.4 is 24.8 Å². The standard InChI is InChI=1S/C20H44N6P2.2ClH/c1-21(2)27(22(3)4,23(5)6)17-19-13-15-20(16-14-19)18-28(24(7)8,25(9)10)26(11)12;;/h13-16H,17-18H2,1-12H3;2*1H/q+2;;/p-2. The molecule has 0 aliphatic rings. The maximum absolute atomic E-state index is 2.40. The number of hydrogen-bond donors (Lipinski definition) is 0. The minimum atomic E-state index is -1.55. The second kappa shape index (κ2) is 13.2. The van der Waals surface area contributed by atoms with Gasteiger partial charge in [-0.15, -0.1) is 0 Å². The topological polar surface area (TPSA) is 19.4 Å². The Morgan fingerprint density at radius 2 is 0.600 bits per heavy atom. The number of benzene rings is 1. The van der Waals surface area contributed by atoms with Gasteiger partial charge in [-0.1, -0.05) is 24.3 Å². The molecule has 30 heavy (non-hydrogen) atoms. The summed E-state index contributed by atoms with van der Waals surface area (Å²) in [4.78, 5) is 0. The Morgan fingerprint density at radius 1 is 0.433 bits per heavy atom. The van der Waals surface area contributed by atoms with E-state index in [0.29, 0.717) is 0 Å². The van der Waals surface area contributed by atoms with Crippen molar-refractivity contribution in [3.63, 3.8) is 0 Å². The van der Waals surface area contributed by atoms with Crippen LogP contribution in [0.15, 0.2) is 24.3 Å². The summed E-state index contributed by atoms with van der Waals surface area (Å²) in [6, 6.07) is 9.32. The predicted octanol–water partition coefficient (Wildman–Crippen LogP) is -2.41. The lowest BCUT2D eigenvalue weighted by Gasteiger charge is -2.40. The highest BCUT2D eigenvalue weighted by atomic mass is 35.5. The lowest BCUT2D eigenvalue weighted by atomic mass is 10.2. The maximum atomic E-state index is 2.40. The van der Waals surface area contributed by atoms with E-state index in [0.717, 1.165) is 12.3 Å². The maximum Gasteiger partial charge on any atom is 0.230 e. The summed E-state index contributed by atoms with van der Waals surface area (Å²) in [6.07, 6.45) is 2.10. The number of nitrogens with zero attached hydrogens (tertiary/aromatic N) is 6. The molecule has 0 fully saturated rings. The summed E-state index contributed by atoms with van der Waals surface area (Å²) in [5.74, 6) is 0. The zero-order valence-electron chi connectivity index (χ0n) is 21.1. The quantitative estimate of drug-likeness (QED) is 0.331. The molecule has 0 aromatic heterocycles. The van der Waals surface area contributed by atoms with Gasteiger partial charge in [0.1, 0.15) is 12.3 Å². The van der Waals surface area contributed by atoms with Crippen LogP contribution in [0.1, 0.15) is 11.1 Å². The molecule has 0 saturated heterocycles. The number of halogens is 2. The molecule has 0 heterocycles. The molecule has 0 bridgehead atoms. The van der Waals surface area contributed by atoms with Crippen molar-refractivity contribution in [3.05, 3.63) is 35.4 Å². The van der Waals surface area contributed by atoms with Crippen molar-refractivity contribution in [2.75, 3.05) is 84.6 Å². The molecule has 0 aliphatic heterocycles. The minimum absolute atomic E-state index is 0. The molecule has 1 aromatic rings. The van der Waals surface area contributed by atoms with E-state index in [2.05, 4.69) is 137 Å². The predicted molar refractivity (Wildman–Crippen MR) is 130 cm³/mol. The molecular formula is C20H44Cl2N6P2. The third-order valence-electron chi connectivity index (χ3n) is 5.66. The molecule has 1 rings (SSSR count). The van der Waals surface area contributed by atoms with E-state index < -0.39 is 15.4 Å². The van der Waals surface area contributed by atoms with Crippen molar-refractivity contribution in [1.82, 2.24) is 28.0 Å². The van der Waals surface area contributed by atoms with E-state index in [-0.39, 0.29) is 24.8 Å². The van der Waals surface area contributed by atoms with Crippen LogP contribution in [0.3, 0.4) is 0 Å². The molecule has 178 valence electrons. The van der Waals surface area contributed by atoms with Crippen LogP contribution in [0.25, 0.3) is 0 Å². The van der Waals surface area contributed by atoms with E-state index in [1.54, 1.807) is 0 Å². The summed E-state index contributed by atoms with van der Waals surface area (Å²) in [6.45, 7) is 0. The van der Waals surface area contributed by atoms with Gasteiger partial charge >= 0.3 is 0 Å². The van der Waals surface area contributed by atoms with Gasteiger partial charge in [-0.3, -0.25) is 0 Å². The molecule has 0 saturated carbocycles. The largest absolute Gasteiger partial charge is 1.00 e. The molecule has 0 amide bonds. The molecule has 0 N–H and O–H groups in total. The highest BCUT2D eigenvalue weighted by Crippen LogP contribution is 2.67. The van der Waals surface area contributed by atoms with Crippen LogP contribution in [-0.4, -0.2) is 113 Å². The average molecular weight is 501 g/mol. The van der Waals surface area contributed by atoms with Crippen molar-refractivity contribution in [3.8, 4) is 0 Å². The summed E-state index contributed by atoms with van der Waals surface area (Å²) < 4.78 is 14.4. The molecule has 0 spiro atoms. The second-order valence-corrected chi connectivity index (χ2v) is 16.8. The molecule has 1 aromatic carbocycles. The van der Waals surface area contributed by atoms with Gasteiger partial charge in [-0.05, 0) is 11.1 Å². The summed E-state index contributed by atoms with van der Waals surface area (Å²) in [5.41, 5.74) is 2.80. The van der Waals surface area contributed by atoms with Crippen molar-refractivity contribution < 1.29 is 24.8 Å². The first-order valence-corrected chi connectivity index (χ1v) is 13.4. The molecule has 6 nitrogen and oxygen atoms in total. The van der Waals surface area contributed by atoms with Gasteiger partial charge in [0.25, 0.3) is 0 Å². The van der Waals surface area contributed by atoms with Crippen molar-refractivity contribution in [1.29, 1.82) is 0 Å². The van der Waals surface area contributed by atoms with Crippen molar-refractivity contribution in [2.45, 2.75) is 12.3 Å². The van der Waals surface area contributed by atoms with E-state index in [9.17, 15) is 0 Å². The second-order valence-electron chi connectivity index (χ2n) is 8.60. The van der Waals surface area contributed by atoms with Gasteiger partial charge in [0, 0.05) is 84.6 Å². The highest BCUT2D eigenvalue weighted by molar-refractivity contribution is 7.68. The Kier molecular flexibility index (Phi) is 14.3. The first-order chi connectivity index (χ1) is 12.8. The zero-order chi connectivity index (χ0) is 21.9. The molecule has 0 atom stereocenters. The first-order valence-electron chi connectivity index (χ1n) is 9.73. The molecule has 10 heteroatoms. The third-order valence-corrected chi connectivity index (χ3v) is 14.9. The monoisotopic (exact) mass is 500 g/mol. The Labute approximate surface area is 200 Å². The van der Waals surface area contributed by atoms with Gasteiger partial charge in [0.05, 0.1) is 0 Å².